The first-order valence-corrected chi connectivity index (χ1v) is 9.75. The van der Waals surface area contributed by atoms with Gasteiger partial charge in [0.25, 0.3) is 0 Å². The number of hydrogen-bond acceptors (Lipinski definition) is 6. The molecular weight excluding hydrogens is 358 g/mol. The van der Waals surface area contributed by atoms with Gasteiger partial charge < -0.3 is 9.47 Å². The zero-order chi connectivity index (χ0) is 20.3. The summed E-state index contributed by atoms with van der Waals surface area (Å²) < 4.78 is 13.0. The van der Waals surface area contributed by atoms with Gasteiger partial charge in [-0.25, -0.2) is 14.8 Å². The minimum Gasteiger partial charge on any atom is -0.487 e. The van der Waals surface area contributed by atoms with Crippen molar-refractivity contribution in [3.63, 3.8) is 0 Å². The van der Waals surface area contributed by atoms with Crippen LogP contribution in [-0.2, 0) is 11.8 Å². The first kappa shape index (κ1) is 20.1. The molecule has 2 heterocycles. The highest BCUT2D eigenvalue weighted by Crippen LogP contribution is 2.29. The number of aromatic nitrogens is 4. The van der Waals surface area contributed by atoms with E-state index in [1.165, 1.54) is 19.3 Å². The maximum atomic E-state index is 12.2. The molecule has 0 atom stereocenters. The largest absolute Gasteiger partial charge is 0.487 e. The van der Waals surface area contributed by atoms with Crippen molar-refractivity contribution in [1.29, 1.82) is 0 Å². The summed E-state index contributed by atoms with van der Waals surface area (Å²) in [6.45, 7) is 7.34. The molecule has 2 aromatic heterocycles. The fourth-order valence-corrected chi connectivity index (χ4v) is 3.21. The van der Waals surface area contributed by atoms with Gasteiger partial charge >= 0.3 is 6.09 Å². The van der Waals surface area contributed by atoms with Crippen molar-refractivity contribution in [2.75, 3.05) is 5.32 Å². The summed E-state index contributed by atoms with van der Waals surface area (Å²) >= 11 is 0. The second-order valence-corrected chi connectivity index (χ2v) is 8.18. The van der Waals surface area contributed by atoms with Gasteiger partial charge in [-0.15, -0.1) is 0 Å². The van der Waals surface area contributed by atoms with Crippen LogP contribution in [-0.4, -0.2) is 37.5 Å². The van der Waals surface area contributed by atoms with Gasteiger partial charge in [-0.05, 0) is 53.4 Å². The summed E-state index contributed by atoms with van der Waals surface area (Å²) in [5.74, 6) is 1.67. The summed E-state index contributed by atoms with van der Waals surface area (Å²) in [6, 6.07) is 0. The van der Waals surface area contributed by atoms with Crippen LogP contribution < -0.4 is 10.1 Å². The third-order valence-corrected chi connectivity index (χ3v) is 4.58. The highest BCUT2D eigenvalue weighted by Gasteiger charge is 2.22. The molecule has 0 aliphatic heterocycles. The Morgan fingerprint density at radius 2 is 1.93 bits per heavy atom. The molecule has 1 saturated carbocycles. The number of nitrogens with zero attached hydrogens (tertiary/aromatic N) is 4. The normalized spacial score (nSPS) is 15.3. The number of rotatable bonds is 4. The van der Waals surface area contributed by atoms with Gasteiger partial charge in [-0.3, -0.25) is 10.00 Å². The van der Waals surface area contributed by atoms with Crippen LogP contribution in [0.4, 0.5) is 10.6 Å². The topological polar surface area (TPSA) is 91.2 Å². The second-order valence-electron chi connectivity index (χ2n) is 8.18. The molecule has 2 aromatic rings. The number of hydrogen-bond donors (Lipinski definition) is 1. The minimum absolute atomic E-state index is 0.240. The quantitative estimate of drug-likeness (QED) is 0.843. The predicted octanol–water partition coefficient (Wildman–Crippen LogP) is 4.24. The molecule has 0 saturated heterocycles. The number of anilines is 1. The van der Waals surface area contributed by atoms with Crippen molar-refractivity contribution in [1.82, 2.24) is 19.7 Å². The molecule has 3 rings (SSSR count). The van der Waals surface area contributed by atoms with E-state index in [0.717, 1.165) is 18.5 Å². The summed E-state index contributed by atoms with van der Waals surface area (Å²) in [7, 11) is 1.74. The summed E-state index contributed by atoms with van der Waals surface area (Å²) in [5, 5.41) is 6.96. The summed E-state index contributed by atoms with van der Waals surface area (Å²) in [5.41, 5.74) is 0.803. The lowest BCUT2D eigenvalue weighted by Crippen LogP contribution is -2.28. The summed E-state index contributed by atoms with van der Waals surface area (Å²) in [4.78, 5) is 21.2. The van der Waals surface area contributed by atoms with Gasteiger partial charge in [0.15, 0.2) is 11.6 Å². The van der Waals surface area contributed by atoms with E-state index in [4.69, 9.17) is 9.47 Å². The Kier molecular flexibility index (Phi) is 5.86. The van der Waals surface area contributed by atoms with Crippen LogP contribution in [0.15, 0.2) is 12.4 Å². The maximum absolute atomic E-state index is 12.2. The average molecular weight is 387 g/mol. The molecule has 28 heavy (non-hydrogen) atoms. The van der Waals surface area contributed by atoms with Crippen molar-refractivity contribution < 1.29 is 14.3 Å². The zero-order valence-corrected chi connectivity index (χ0v) is 17.3. The minimum atomic E-state index is -0.589. The molecule has 8 heteroatoms. The van der Waals surface area contributed by atoms with Crippen LogP contribution in [0, 0.1) is 6.92 Å². The molecule has 0 radical (unpaired) electrons. The number of carbonyl (C=O) groups excluding carboxylic acids is 1. The number of amides is 1. The van der Waals surface area contributed by atoms with Crippen molar-refractivity contribution in [2.45, 2.75) is 71.5 Å². The molecule has 0 spiro atoms. The van der Waals surface area contributed by atoms with E-state index in [1.807, 2.05) is 27.7 Å². The molecule has 152 valence electrons. The first-order chi connectivity index (χ1) is 13.2. The number of carbonyl (C=O) groups is 1. The molecule has 1 fully saturated rings. The summed E-state index contributed by atoms with van der Waals surface area (Å²) in [6.07, 6.45) is 8.87. The van der Waals surface area contributed by atoms with E-state index in [0.29, 0.717) is 23.0 Å². The van der Waals surface area contributed by atoms with E-state index in [9.17, 15) is 4.79 Å². The Labute approximate surface area is 165 Å². The van der Waals surface area contributed by atoms with Crippen molar-refractivity contribution in [3.8, 4) is 17.1 Å². The molecule has 1 amide bonds. The Balaban J connectivity index is 1.78. The lowest BCUT2D eigenvalue weighted by molar-refractivity contribution is 0.0634. The lowest BCUT2D eigenvalue weighted by Gasteiger charge is -2.23. The first-order valence-electron chi connectivity index (χ1n) is 9.75. The highest BCUT2D eigenvalue weighted by atomic mass is 16.6. The molecule has 0 aromatic carbocycles. The maximum Gasteiger partial charge on any atom is 0.413 e. The monoisotopic (exact) mass is 387 g/mol. The standard InChI is InChI=1S/C20H29N5O3/c1-13-16(27-14-9-7-6-8-10-14)12-21-17(23-13)15-11-22-25(5)18(15)24-19(26)28-20(2,3)4/h11-12,14H,6-10H2,1-5H3,(H,24,26). The Morgan fingerprint density at radius 3 is 2.57 bits per heavy atom. The van der Waals surface area contributed by atoms with Gasteiger partial charge in [-0.1, -0.05) is 6.42 Å². The highest BCUT2D eigenvalue weighted by molar-refractivity contribution is 5.88. The third kappa shape index (κ3) is 4.99. The Morgan fingerprint density at radius 1 is 1.21 bits per heavy atom. The average Bonchev–Trinajstić information content (AvgIpc) is 2.97. The molecular formula is C20H29N5O3. The van der Waals surface area contributed by atoms with Gasteiger partial charge in [0.1, 0.15) is 11.4 Å². The van der Waals surface area contributed by atoms with Crippen molar-refractivity contribution in [2.24, 2.45) is 7.05 Å². The van der Waals surface area contributed by atoms with Crippen molar-refractivity contribution >= 4 is 11.9 Å². The van der Waals surface area contributed by atoms with Crippen LogP contribution in [0.1, 0.15) is 58.6 Å². The fraction of sp³-hybridized carbons (Fsp3) is 0.600. The van der Waals surface area contributed by atoms with E-state index < -0.39 is 11.7 Å². The predicted molar refractivity (Wildman–Crippen MR) is 106 cm³/mol. The smallest absolute Gasteiger partial charge is 0.413 e. The van der Waals surface area contributed by atoms with E-state index in [1.54, 1.807) is 24.1 Å². The van der Waals surface area contributed by atoms with Crippen LogP contribution in [0.5, 0.6) is 5.75 Å². The van der Waals surface area contributed by atoms with E-state index in [2.05, 4.69) is 20.4 Å². The number of nitrogens with one attached hydrogen (secondary N) is 1. The number of aryl methyl sites for hydroxylation is 2. The molecule has 8 nitrogen and oxygen atoms in total. The molecule has 1 N–H and O–H groups in total. The zero-order valence-electron chi connectivity index (χ0n) is 17.3. The van der Waals surface area contributed by atoms with Gasteiger partial charge in [-0.2, -0.15) is 5.10 Å². The van der Waals surface area contributed by atoms with Gasteiger partial charge in [0.05, 0.1) is 29.8 Å². The molecule has 0 unspecified atom stereocenters. The van der Waals surface area contributed by atoms with Crippen LogP contribution in [0.3, 0.4) is 0 Å². The Bertz CT molecular complexity index is 835. The van der Waals surface area contributed by atoms with E-state index >= 15 is 0 Å². The lowest BCUT2D eigenvalue weighted by atomic mass is 9.98. The fourth-order valence-electron chi connectivity index (χ4n) is 3.21. The van der Waals surface area contributed by atoms with Crippen LogP contribution in [0.25, 0.3) is 11.4 Å². The van der Waals surface area contributed by atoms with E-state index in [-0.39, 0.29) is 6.10 Å². The SMILES string of the molecule is Cc1nc(-c2cnn(C)c2NC(=O)OC(C)(C)C)ncc1OC1CCCCC1. The van der Waals surface area contributed by atoms with Gasteiger partial charge in [0, 0.05) is 7.05 Å². The molecule has 0 bridgehead atoms. The van der Waals surface area contributed by atoms with Gasteiger partial charge in [0.2, 0.25) is 0 Å². The molecule has 1 aliphatic carbocycles. The molecule has 1 aliphatic rings. The van der Waals surface area contributed by atoms with Crippen molar-refractivity contribution in [3.05, 3.63) is 18.1 Å². The van der Waals surface area contributed by atoms with Crippen LogP contribution in [0.2, 0.25) is 0 Å². The van der Waals surface area contributed by atoms with Crippen LogP contribution >= 0.6 is 0 Å². The third-order valence-electron chi connectivity index (χ3n) is 4.58. The Hall–Kier alpha value is -2.64. The second kappa shape index (κ2) is 8.16. The number of ether oxygens (including phenoxy) is 2.